The Morgan fingerprint density at radius 2 is 1.95 bits per heavy atom. The summed E-state index contributed by atoms with van der Waals surface area (Å²) in [5.41, 5.74) is 3.23. The molecular weight excluding hydrogens is 250 g/mol. The minimum Gasteiger partial charge on any atom is -0.391 e. The van der Waals surface area contributed by atoms with E-state index < -0.39 is 0 Å². The molecule has 1 N–H and O–H groups in total. The Labute approximate surface area is 121 Å². The molecule has 2 aliphatic carbocycles. The van der Waals surface area contributed by atoms with E-state index in [0.717, 1.165) is 42.6 Å². The summed E-state index contributed by atoms with van der Waals surface area (Å²) in [6.07, 6.45) is 5.50. The van der Waals surface area contributed by atoms with Gasteiger partial charge in [-0.2, -0.15) is 0 Å². The number of nitrogens with zero attached hydrogens (tertiary/aromatic N) is 1. The van der Waals surface area contributed by atoms with Gasteiger partial charge in [-0.25, -0.2) is 0 Å². The highest BCUT2D eigenvalue weighted by molar-refractivity contribution is 5.99. The van der Waals surface area contributed by atoms with Gasteiger partial charge in [-0.05, 0) is 37.7 Å². The maximum Gasteiger partial charge on any atom is 0.165 e. The van der Waals surface area contributed by atoms with Crippen LogP contribution in [0.2, 0.25) is 0 Å². The van der Waals surface area contributed by atoms with E-state index in [4.69, 9.17) is 0 Å². The topological polar surface area (TPSA) is 42.2 Å². The van der Waals surface area contributed by atoms with Crippen LogP contribution >= 0.6 is 0 Å². The number of hydrogen-bond acceptors (Lipinski definition) is 2. The number of aliphatic hydroxyl groups excluding tert-OH is 1. The molecule has 0 saturated heterocycles. The first-order chi connectivity index (χ1) is 9.39. The molecule has 1 aromatic heterocycles. The van der Waals surface area contributed by atoms with Crippen LogP contribution in [-0.4, -0.2) is 21.6 Å². The first-order valence-electron chi connectivity index (χ1n) is 7.81. The Morgan fingerprint density at radius 1 is 1.25 bits per heavy atom. The third-order valence-corrected chi connectivity index (χ3v) is 4.95. The second-order valence-electron chi connectivity index (χ2n) is 7.38. The number of Topliss-reactive ketones (excluding diaryl/α,β-unsaturated/α-hetero) is 1. The molecule has 2 unspecified atom stereocenters. The summed E-state index contributed by atoms with van der Waals surface area (Å²) in [4.78, 5) is 12.4. The number of ketones is 1. The van der Waals surface area contributed by atoms with Crippen LogP contribution in [0.1, 0.15) is 73.7 Å². The fourth-order valence-electron chi connectivity index (χ4n) is 4.03. The third kappa shape index (κ3) is 2.22. The van der Waals surface area contributed by atoms with Gasteiger partial charge in [-0.1, -0.05) is 26.7 Å². The van der Waals surface area contributed by atoms with E-state index in [9.17, 15) is 9.90 Å². The van der Waals surface area contributed by atoms with Crippen molar-refractivity contribution in [1.82, 2.24) is 4.57 Å². The van der Waals surface area contributed by atoms with Gasteiger partial charge in [0.2, 0.25) is 0 Å². The zero-order chi connectivity index (χ0) is 14.5. The first kappa shape index (κ1) is 13.9. The van der Waals surface area contributed by atoms with Crippen LogP contribution in [0.4, 0.5) is 0 Å². The molecule has 1 fully saturated rings. The van der Waals surface area contributed by atoms with Gasteiger partial charge in [0.1, 0.15) is 0 Å². The summed E-state index contributed by atoms with van der Waals surface area (Å²) >= 11 is 0. The summed E-state index contributed by atoms with van der Waals surface area (Å²) in [5, 5.41) is 10.4. The summed E-state index contributed by atoms with van der Waals surface area (Å²) in [5.74, 6) is 0.267. The van der Waals surface area contributed by atoms with Crippen LogP contribution in [0.3, 0.4) is 0 Å². The average Bonchev–Trinajstić information content (AvgIpc) is 2.66. The first-order valence-corrected chi connectivity index (χ1v) is 7.81. The zero-order valence-corrected chi connectivity index (χ0v) is 12.8. The van der Waals surface area contributed by atoms with E-state index in [2.05, 4.69) is 25.3 Å². The van der Waals surface area contributed by atoms with Crippen molar-refractivity contribution in [3.8, 4) is 0 Å². The van der Waals surface area contributed by atoms with Crippen LogP contribution in [0.5, 0.6) is 0 Å². The molecule has 110 valence electrons. The lowest BCUT2D eigenvalue weighted by molar-refractivity contribution is 0.0711. The van der Waals surface area contributed by atoms with Crippen molar-refractivity contribution in [1.29, 1.82) is 0 Å². The maximum atomic E-state index is 12.4. The number of aryl methyl sites for hydroxylation is 1. The smallest absolute Gasteiger partial charge is 0.165 e. The Hall–Kier alpha value is -1.09. The van der Waals surface area contributed by atoms with E-state index in [-0.39, 0.29) is 23.3 Å². The number of rotatable bonds is 1. The molecule has 0 spiro atoms. The monoisotopic (exact) mass is 275 g/mol. The molecule has 2 atom stereocenters. The number of carbonyl (C=O) groups excluding carboxylic acids is 1. The number of carbonyl (C=O) groups is 1. The molecule has 1 saturated carbocycles. The van der Waals surface area contributed by atoms with Crippen LogP contribution in [0.25, 0.3) is 0 Å². The van der Waals surface area contributed by atoms with Crippen molar-refractivity contribution in [2.45, 2.75) is 71.4 Å². The summed E-state index contributed by atoms with van der Waals surface area (Å²) in [6.45, 7) is 6.40. The van der Waals surface area contributed by atoms with E-state index in [1.807, 2.05) is 6.07 Å². The van der Waals surface area contributed by atoms with Crippen molar-refractivity contribution >= 4 is 5.78 Å². The Morgan fingerprint density at radius 3 is 2.65 bits per heavy atom. The lowest BCUT2D eigenvalue weighted by Gasteiger charge is -2.35. The fraction of sp³-hybridized carbons (Fsp3) is 0.706. The predicted octanol–water partition coefficient (Wildman–Crippen LogP) is 3.43. The highest BCUT2D eigenvalue weighted by atomic mass is 16.3. The molecule has 3 nitrogen and oxygen atoms in total. The molecule has 3 rings (SSSR count). The highest BCUT2D eigenvalue weighted by Gasteiger charge is 2.36. The zero-order valence-electron chi connectivity index (χ0n) is 12.8. The summed E-state index contributed by atoms with van der Waals surface area (Å²) in [6, 6.07) is 2.20. The van der Waals surface area contributed by atoms with Gasteiger partial charge >= 0.3 is 0 Å². The van der Waals surface area contributed by atoms with Crippen molar-refractivity contribution in [3.05, 3.63) is 23.0 Å². The Bertz CT molecular complexity index is 541. The van der Waals surface area contributed by atoms with Gasteiger partial charge < -0.3 is 9.67 Å². The van der Waals surface area contributed by atoms with Crippen LogP contribution in [0.15, 0.2) is 6.07 Å². The molecule has 0 amide bonds. The molecule has 2 aliphatic rings. The lowest BCUT2D eigenvalue weighted by atomic mass is 9.76. The predicted molar refractivity (Wildman–Crippen MR) is 79.1 cm³/mol. The lowest BCUT2D eigenvalue weighted by Crippen LogP contribution is -2.33. The maximum absolute atomic E-state index is 12.4. The molecule has 1 aromatic rings. The van der Waals surface area contributed by atoms with Gasteiger partial charge in [0.15, 0.2) is 5.78 Å². The fourth-order valence-corrected chi connectivity index (χ4v) is 4.03. The van der Waals surface area contributed by atoms with Gasteiger partial charge in [0, 0.05) is 23.4 Å². The summed E-state index contributed by atoms with van der Waals surface area (Å²) < 4.78 is 2.28. The Kier molecular flexibility index (Phi) is 3.28. The van der Waals surface area contributed by atoms with Gasteiger partial charge in [0.05, 0.1) is 12.1 Å². The number of aromatic nitrogens is 1. The molecule has 0 bridgehead atoms. The largest absolute Gasteiger partial charge is 0.391 e. The number of aliphatic hydroxyl groups is 1. The van der Waals surface area contributed by atoms with E-state index >= 15 is 0 Å². The van der Waals surface area contributed by atoms with Gasteiger partial charge in [-0.15, -0.1) is 0 Å². The molecular formula is C17H25NO2. The minimum absolute atomic E-state index is 0.0340. The second-order valence-corrected chi connectivity index (χ2v) is 7.38. The SMILES string of the molecule is Cc1cc2c(n1C1CCCCC1O)CC(C)(C)CC2=O. The summed E-state index contributed by atoms with van der Waals surface area (Å²) in [7, 11) is 0. The van der Waals surface area contributed by atoms with Crippen LogP contribution in [0, 0.1) is 12.3 Å². The van der Waals surface area contributed by atoms with Crippen LogP contribution < -0.4 is 0 Å². The highest BCUT2D eigenvalue weighted by Crippen LogP contribution is 2.40. The van der Waals surface area contributed by atoms with Crippen molar-refractivity contribution in [3.63, 3.8) is 0 Å². The second kappa shape index (κ2) is 4.73. The van der Waals surface area contributed by atoms with E-state index in [1.165, 1.54) is 6.42 Å². The van der Waals surface area contributed by atoms with Gasteiger partial charge in [0.25, 0.3) is 0 Å². The van der Waals surface area contributed by atoms with Crippen LogP contribution in [-0.2, 0) is 6.42 Å². The minimum atomic E-state index is -0.265. The standard InChI is InChI=1S/C17H25NO2/c1-11-8-12-14(9-17(2,3)10-16(12)20)18(11)13-6-4-5-7-15(13)19/h8,13,15,19H,4-7,9-10H2,1-3H3. The molecule has 0 radical (unpaired) electrons. The quantitative estimate of drug-likeness (QED) is 0.853. The molecule has 1 heterocycles. The molecule has 3 heteroatoms. The van der Waals surface area contributed by atoms with E-state index in [1.54, 1.807) is 0 Å². The average molecular weight is 275 g/mol. The molecule has 0 aromatic carbocycles. The third-order valence-electron chi connectivity index (χ3n) is 4.95. The van der Waals surface area contributed by atoms with Gasteiger partial charge in [-0.3, -0.25) is 4.79 Å². The number of fused-ring (bicyclic) bond motifs is 1. The van der Waals surface area contributed by atoms with Crippen molar-refractivity contribution in [2.75, 3.05) is 0 Å². The molecule has 0 aliphatic heterocycles. The van der Waals surface area contributed by atoms with Crippen molar-refractivity contribution in [2.24, 2.45) is 5.41 Å². The Balaban J connectivity index is 2.06. The van der Waals surface area contributed by atoms with Crippen molar-refractivity contribution < 1.29 is 9.90 Å². The van der Waals surface area contributed by atoms with E-state index in [0.29, 0.717) is 6.42 Å². The normalized spacial score (nSPS) is 29.3. The molecule has 20 heavy (non-hydrogen) atoms. The number of hydrogen-bond donors (Lipinski definition) is 1.